The Hall–Kier alpha value is -2.69. The van der Waals surface area contributed by atoms with Crippen LogP contribution in [0.4, 0.5) is 10.1 Å². The highest BCUT2D eigenvalue weighted by molar-refractivity contribution is 14.0. The summed E-state index contributed by atoms with van der Waals surface area (Å²) >= 11 is 0. The maximum absolute atomic E-state index is 13.4. The zero-order valence-corrected chi connectivity index (χ0v) is 20.2. The fourth-order valence-electron chi connectivity index (χ4n) is 2.78. The summed E-state index contributed by atoms with van der Waals surface area (Å²) in [6.45, 7) is 4.96. The van der Waals surface area contributed by atoms with Gasteiger partial charge < -0.3 is 19.9 Å². The molecule has 9 heteroatoms. The van der Waals surface area contributed by atoms with Gasteiger partial charge in [0, 0.05) is 19.3 Å². The van der Waals surface area contributed by atoms with E-state index in [-0.39, 0.29) is 35.9 Å². The van der Waals surface area contributed by atoms with Crippen LogP contribution in [0, 0.1) is 5.82 Å². The zero-order valence-electron chi connectivity index (χ0n) is 17.9. The van der Waals surface area contributed by atoms with Crippen molar-refractivity contribution >= 4 is 35.6 Å². The van der Waals surface area contributed by atoms with E-state index in [0.29, 0.717) is 25.5 Å². The molecular weight excluding hydrogens is 510 g/mol. The predicted molar refractivity (Wildman–Crippen MR) is 131 cm³/mol. The Balaban J connectivity index is 0.00000341. The first-order chi connectivity index (χ1) is 14.5. The van der Waals surface area contributed by atoms with Crippen molar-refractivity contribution in [2.75, 3.05) is 11.9 Å². The SMILES string of the molecule is CC(C)Oc1ccc(NC(=NCc2nncn2C)NCCc2cccc(F)c2)cc1.I. The van der Waals surface area contributed by atoms with Gasteiger partial charge in [0.15, 0.2) is 11.8 Å². The molecule has 0 radical (unpaired) electrons. The molecule has 2 aromatic carbocycles. The van der Waals surface area contributed by atoms with Crippen molar-refractivity contribution in [3.05, 3.63) is 72.1 Å². The molecular formula is C22H28FIN6O. The summed E-state index contributed by atoms with van der Waals surface area (Å²) in [5.74, 6) is 1.94. The van der Waals surface area contributed by atoms with Crippen LogP contribution in [0.3, 0.4) is 0 Å². The first kappa shape index (κ1) is 24.6. The molecule has 1 heterocycles. The second-order valence-electron chi connectivity index (χ2n) is 7.15. The van der Waals surface area contributed by atoms with Gasteiger partial charge in [0.05, 0.1) is 6.10 Å². The van der Waals surface area contributed by atoms with Gasteiger partial charge >= 0.3 is 0 Å². The summed E-state index contributed by atoms with van der Waals surface area (Å²) in [5.41, 5.74) is 1.80. The van der Waals surface area contributed by atoms with E-state index in [9.17, 15) is 4.39 Å². The number of benzene rings is 2. The van der Waals surface area contributed by atoms with Crippen LogP contribution in [-0.4, -0.2) is 33.4 Å². The Labute approximate surface area is 199 Å². The summed E-state index contributed by atoms with van der Waals surface area (Å²) in [7, 11) is 1.88. The number of anilines is 1. The zero-order chi connectivity index (χ0) is 21.3. The van der Waals surface area contributed by atoms with Crippen molar-refractivity contribution < 1.29 is 9.13 Å². The van der Waals surface area contributed by atoms with E-state index < -0.39 is 0 Å². The van der Waals surface area contributed by atoms with Crippen molar-refractivity contribution in [3.63, 3.8) is 0 Å². The molecule has 0 unspecified atom stereocenters. The van der Waals surface area contributed by atoms with Crippen LogP contribution in [0.5, 0.6) is 5.75 Å². The minimum absolute atomic E-state index is 0. The number of nitrogens with zero attached hydrogens (tertiary/aromatic N) is 4. The molecule has 2 N–H and O–H groups in total. The lowest BCUT2D eigenvalue weighted by Crippen LogP contribution is -2.32. The van der Waals surface area contributed by atoms with Crippen LogP contribution >= 0.6 is 24.0 Å². The van der Waals surface area contributed by atoms with E-state index in [1.165, 1.54) is 6.07 Å². The molecule has 3 rings (SSSR count). The molecule has 0 spiro atoms. The third-order valence-electron chi connectivity index (χ3n) is 4.27. The van der Waals surface area contributed by atoms with Gasteiger partial charge in [0.2, 0.25) is 0 Å². The number of rotatable bonds is 8. The molecule has 1 aromatic heterocycles. The standard InChI is InChI=1S/C22H27FN6O.HI/c1-16(2)30-20-9-7-19(8-10-20)27-22(25-14-21-28-26-15-29(21)3)24-12-11-17-5-4-6-18(23)13-17;/h4-10,13,15-16H,11-12,14H2,1-3H3,(H2,24,25,27);1H. The Kier molecular flexibility index (Phi) is 9.70. The van der Waals surface area contributed by atoms with Gasteiger partial charge in [-0.15, -0.1) is 34.2 Å². The van der Waals surface area contributed by atoms with E-state index >= 15 is 0 Å². The second kappa shape index (κ2) is 12.2. The predicted octanol–water partition coefficient (Wildman–Crippen LogP) is 4.16. The Bertz CT molecular complexity index is 974. The highest BCUT2D eigenvalue weighted by atomic mass is 127. The molecule has 0 bridgehead atoms. The fourth-order valence-corrected chi connectivity index (χ4v) is 2.78. The minimum Gasteiger partial charge on any atom is -0.491 e. The highest BCUT2D eigenvalue weighted by Gasteiger charge is 2.05. The van der Waals surface area contributed by atoms with Crippen LogP contribution in [0.2, 0.25) is 0 Å². The minimum atomic E-state index is -0.231. The number of hydrogen-bond acceptors (Lipinski definition) is 4. The number of ether oxygens (including phenoxy) is 1. The van der Waals surface area contributed by atoms with Crippen LogP contribution in [0.15, 0.2) is 59.9 Å². The van der Waals surface area contributed by atoms with Crippen molar-refractivity contribution in [1.82, 2.24) is 20.1 Å². The van der Waals surface area contributed by atoms with E-state index in [2.05, 4.69) is 25.8 Å². The van der Waals surface area contributed by atoms with Crippen molar-refractivity contribution in [2.45, 2.75) is 32.9 Å². The van der Waals surface area contributed by atoms with E-state index in [1.807, 2.05) is 55.8 Å². The largest absolute Gasteiger partial charge is 0.491 e. The summed E-state index contributed by atoms with van der Waals surface area (Å²) < 4.78 is 20.9. The van der Waals surface area contributed by atoms with Gasteiger partial charge in [-0.25, -0.2) is 9.38 Å². The average Bonchev–Trinajstić information content (AvgIpc) is 3.12. The van der Waals surface area contributed by atoms with Crippen LogP contribution in [0.25, 0.3) is 0 Å². The first-order valence-corrected chi connectivity index (χ1v) is 9.89. The van der Waals surface area contributed by atoms with E-state index in [4.69, 9.17) is 4.74 Å². The molecule has 0 fully saturated rings. The fraction of sp³-hybridized carbons (Fsp3) is 0.318. The molecule has 0 atom stereocenters. The van der Waals surface area contributed by atoms with Crippen LogP contribution in [-0.2, 0) is 20.0 Å². The maximum Gasteiger partial charge on any atom is 0.196 e. The van der Waals surface area contributed by atoms with E-state index in [0.717, 1.165) is 22.8 Å². The van der Waals surface area contributed by atoms with Crippen molar-refractivity contribution in [2.24, 2.45) is 12.0 Å². The Morgan fingerprint density at radius 3 is 2.61 bits per heavy atom. The molecule has 0 aliphatic rings. The number of aliphatic imine (C=N–C) groups is 1. The second-order valence-corrected chi connectivity index (χ2v) is 7.15. The lowest BCUT2D eigenvalue weighted by Gasteiger charge is -2.14. The van der Waals surface area contributed by atoms with Gasteiger partial charge in [-0.3, -0.25) is 0 Å². The summed E-state index contributed by atoms with van der Waals surface area (Å²) in [6, 6.07) is 14.3. The summed E-state index contributed by atoms with van der Waals surface area (Å²) in [6.07, 6.45) is 2.43. The number of hydrogen-bond donors (Lipinski definition) is 2. The molecule has 3 aromatic rings. The first-order valence-electron chi connectivity index (χ1n) is 9.89. The molecule has 0 saturated carbocycles. The summed E-state index contributed by atoms with van der Waals surface area (Å²) in [4.78, 5) is 4.61. The normalized spacial score (nSPS) is 11.2. The lowest BCUT2D eigenvalue weighted by molar-refractivity contribution is 0.242. The van der Waals surface area contributed by atoms with Gasteiger partial charge in [-0.2, -0.15) is 0 Å². The Morgan fingerprint density at radius 1 is 1.19 bits per heavy atom. The molecule has 0 aliphatic heterocycles. The Morgan fingerprint density at radius 2 is 1.97 bits per heavy atom. The molecule has 7 nitrogen and oxygen atoms in total. The summed E-state index contributed by atoms with van der Waals surface area (Å²) in [5, 5.41) is 14.5. The maximum atomic E-state index is 13.4. The number of halogens is 2. The third-order valence-corrected chi connectivity index (χ3v) is 4.27. The number of aromatic nitrogens is 3. The van der Waals surface area contributed by atoms with Gasteiger partial charge in [0.1, 0.15) is 24.4 Å². The topological polar surface area (TPSA) is 76.4 Å². The van der Waals surface area contributed by atoms with Crippen molar-refractivity contribution in [3.8, 4) is 5.75 Å². The quantitative estimate of drug-likeness (QED) is 0.256. The number of guanidine groups is 1. The number of aryl methyl sites for hydroxylation is 1. The van der Waals surface area contributed by atoms with Gasteiger partial charge in [-0.05, 0) is 62.2 Å². The van der Waals surface area contributed by atoms with Crippen LogP contribution < -0.4 is 15.4 Å². The third kappa shape index (κ3) is 8.16. The number of nitrogens with one attached hydrogen (secondary N) is 2. The van der Waals surface area contributed by atoms with Crippen LogP contribution in [0.1, 0.15) is 25.2 Å². The lowest BCUT2D eigenvalue weighted by atomic mass is 10.1. The van der Waals surface area contributed by atoms with Crippen molar-refractivity contribution in [1.29, 1.82) is 0 Å². The molecule has 166 valence electrons. The molecule has 0 amide bonds. The smallest absolute Gasteiger partial charge is 0.196 e. The monoisotopic (exact) mass is 538 g/mol. The molecule has 31 heavy (non-hydrogen) atoms. The van der Waals surface area contributed by atoms with E-state index in [1.54, 1.807) is 18.5 Å². The highest BCUT2D eigenvalue weighted by Crippen LogP contribution is 2.17. The van der Waals surface area contributed by atoms with Gasteiger partial charge in [0.25, 0.3) is 0 Å². The average molecular weight is 538 g/mol. The molecule has 0 saturated heterocycles. The molecule has 0 aliphatic carbocycles. The van der Waals surface area contributed by atoms with Gasteiger partial charge in [-0.1, -0.05) is 12.1 Å².